The predicted molar refractivity (Wildman–Crippen MR) is 93.8 cm³/mol. The third-order valence-electron chi connectivity index (χ3n) is 4.55. The van der Waals surface area contributed by atoms with Crippen LogP contribution in [0.15, 0.2) is 72.8 Å². The van der Waals surface area contributed by atoms with Crippen molar-refractivity contribution in [1.82, 2.24) is 0 Å². The molecular formula is C21H14F3NO. The van der Waals surface area contributed by atoms with E-state index in [0.29, 0.717) is 0 Å². The number of fused-ring (bicyclic) bond motifs is 3. The van der Waals surface area contributed by atoms with Crippen molar-refractivity contribution in [2.75, 3.05) is 5.32 Å². The van der Waals surface area contributed by atoms with Gasteiger partial charge in [-0.2, -0.15) is 13.2 Å². The van der Waals surface area contributed by atoms with Gasteiger partial charge in [-0.1, -0.05) is 54.6 Å². The van der Waals surface area contributed by atoms with E-state index in [1.165, 1.54) is 12.1 Å². The second kappa shape index (κ2) is 6.02. The molecule has 26 heavy (non-hydrogen) atoms. The molecule has 0 aromatic heterocycles. The molecule has 130 valence electrons. The lowest BCUT2D eigenvalue weighted by Gasteiger charge is -2.15. The number of hydrogen-bond acceptors (Lipinski definition) is 1. The maximum atomic E-state index is 12.9. The summed E-state index contributed by atoms with van der Waals surface area (Å²) in [4.78, 5) is 12.9. The Morgan fingerprint density at radius 1 is 0.808 bits per heavy atom. The number of carbonyl (C=O) groups excluding carboxylic acids is 1. The Morgan fingerprint density at radius 3 is 1.96 bits per heavy atom. The van der Waals surface area contributed by atoms with E-state index in [0.717, 1.165) is 34.4 Å². The Balaban J connectivity index is 1.69. The van der Waals surface area contributed by atoms with Crippen LogP contribution in [0.4, 0.5) is 18.9 Å². The molecule has 0 spiro atoms. The third-order valence-corrected chi connectivity index (χ3v) is 4.55. The van der Waals surface area contributed by atoms with Crippen molar-refractivity contribution in [2.45, 2.75) is 12.1 Å². The Morgan fingerprint density at radius 2 is 1.38 bits per heavy atom. The number of carbonyl (C=O) groups is 1. The number of amides is 1. The van der Waals surface area contributed by atoms with E-state index < -0.39 is 17.7 Å². The van der Waals surface area contributed by atoms with E-state index in [1.54, 1.807) is 0 Å². The molecule has 1 amide bonds. The average Bonchev–Trinajstić information content (AvgIpc) is 2.96. The summed E-state index contributed by atoms with van der Waals surface area (Å²) in [6, 6.07) is 19.9. The van der Waals surface area contributed by atoms with Gasteiger partial charge in [0.25, 0.3) is 0 Å². The molecule has 0 heterocycles. The fourth-order valence-corrected chi connectivity index (χ4v) is 3.43. The van der Waals surface area contributed by atoms with E-state index in [2.05, 4.69) is 5.32 Å². The number of alkyl halides is 3. The molecule has 1 N–H and O–H groups in total. The van der Waals surface area contributed by atoms with Crippen LogP contribution in [0.5, 0.6) is 0 Å². The number of benzene rings is 3. The first-order valence-corrected chi connectivity index (χ1v) is 8.11. The van der Waals surface area contributed by atoms with Gasteiger partial charge in [0.2, 0.25) is 5.91 Å². The topological polar surface area (TPSA) is 29.1 Å². The number of halogens is 3. The smallest absolute Gasteiger partial charge is 0.325 e. The van der Waals surface area contributed by atoms with Crippen molar-refractivity contribution in [1.29, 1.82) is 0 Å². The van der Waals surface area contributed by atoms with Crippen molar-refractivity contribution in [3.05, 3.63) is 89.5 Å². The molecular weight excluding hydrogens is 339 g/mol. The Kier molecular flexibility index (Phi) is 3.80. The van der Waals surface area contributed by atoms with Gasteiger partial charge in [0.05, 0.1) is 11.5 Å². The van der Waals surface area contributed by atoms with Crippen LogP contribution < -0.4 is 5.32 Å². The van der Waals surface area contributed by atoms with Gasteiger partial charge in [-0.05, 0) is 40.5 Å². The number of nitrogens with one attached hydrogen (secondary N) is 1. The summed E-state index contributed by atoms with van der Waals surface area (Å²) in [5.74, 6) is -0.890. The molecule has 3 aromatic carbocycles. The van der Waals surface area contributed by atoms with Gasteiger partial charge >= 0.3 is 6.18 Å². The molecule has 0 saturated carbocycles. The van der Waals surface area contributed by atoms with Gasteiger partial charge in [0.1, 0.15) is 0 Å². The highest BCUT2D eigenvalue weighted by Gasteiger charge is 2.34. The maximum Gasteiger partial charge on any atom is 0.416 e. The second-order valence-electron chi connectivity index (χ2n) is 6.18. The Hall–Kier alpha value is -3.08. The zero-order valence-corrected chi connectivity index (χ0v) is 13.5. The maximum absolute atomic E-state index is 12.9. The van der Waals surface area contributed by atoms with Gasteiger partial charge in [0.15, 0.2) is 0 Å². The minimum absolute atomic E-state index is 0.131. The molecule has 0 bridgehead atoms. The van der Waals surface area contributed by atoms with Crippen LogP contribution in [-0.2, 0) is 11.0 Å². The van der Waals surface area contributed by atoms with Crippen LogP contribution in [0.3, 0.4) is 0 Å². The van der Waals surface area contributed by atoms with Crippen LogP contribution in [-0.4, -0.2) is 5.91 Å². The van der Waals surface area contributed by atoms with Crippen LogP contribution in [0.1, 0.15) is 22.6 Å². The summed E-state index contributed by atoms with van der Waals surface area (Å²) in [6.45, 7) is 0. The highest BCUT2D eigenvalue weighted by Crippen LogP contribution is 2.45. The second-order valence-corrected chi connectivity index (χ2v) is 6.18. The number of hydrogen-bond donors (Lipinski definition) is 1. The Bertz CT molecular complexity index is 949. The molecule has 0 radical (unpaired) electrons. The third kappa shape index (κ3) is 2.75. The largest absolute Gasteiger partial charge is 0.416 e. The van der Waals surface area contributed by atoms with E-state index >= 15 is 0 Å². The van der Waals surface area contributed by atoms with Crippen molar-refractivity contribution >= 4 is 11.6 Å². The standard InChI is InChI=1S/C21H14F3NO/c22-21(23,24)13-6-5-7-14(12-13)25-20(26)19-17-10-3-1-8-15(17)16-9-2-4-11-18(16)19/h1-12,19H,(H,25,26). The minimum Gasteiger partial charge on any atom is -0.325 e. The first-order valence-electron chi connectivity index (χ1n) is 8.11. The van der Waals surface area contributed by atoms with Gasteiger partial charge in [-0.3, -0.25) is 4.79 Å². The van der Waals surface area contributed by atoms with Crippen LogP contribution >= 0.6 is 0 Å². The monoisotopic (exact) mass is 353 g/mol. The van der Waals surface area contributed by atoms with Gasteiger partial charge < -0.3 is 5.32 Å². The average molecular weight is 353 g/mol. The summed E-state index contributed by atoms with van der Waals surface area (Å²) in [7, 11) is 0. The molecule has 0 saturated heterocycles. The quantitative estimate of drug-likeness (QED) is 0.651. The summed E-state index contributed by atoms with van der Waals surface area (Å²) < 4.78 is 38.7. The minimum atomic E-state index is -4.45. The van der Waals surface area contributed by atoms with Crippen LogP contribution in [0, 0.1) is 0 Å². The lowest BCUT2D eigenvalue weighted by atomic mass is 9.96. The zero-order valence-electron chi connectivity index (χ0n) is 13.5. The van der Waals surface area contributed by atoms with Crippen molar-refractivity contribution in [3.8, 4) is 11.1 Å². The lowest BCUT2D eigenvalue weighted by molar-refractivity contribution is -0.137. The van der Waals surface area contributed by atoms with E-state index in [4.69, 9.17) is 0 Å². The van der Waals surface area contributed by atoms with Crippen LogP contribution in [0.2, 0.25) is 0 Å². The predicted octanol–water partition coefficient (Wildman–Crippen LogP) is 5.46. The number of rotatable bonds is 2. The summed E-state index contributed by atoms with van der Waals surface area (Å²) in [6.07, 6.45) is -4.45. The highest BCUT2D eigenvalue weighted by atomic mass is 19.4. The lowest BCUT2D eigenvalue weighted by Crippen LogP contribution is -2.21. The summed E-state index contributed by atoms with van der Waals surface area (Å²) in [5.41, 5.74) is 3.02. The Labute approximate surface area is 148 Å². The van der Waals surface area contributed by atoms with Gasteiger partial charge in [-0.25, -0.2) is 0 Å². The van der Waals surface area contributed by atoms with Gasteiger partial charge in [0, 0.05) is 5.69 Å². The highest BCUT2D eigenvalue weighted by molar-refractivity contribution is 6.03. The molecule has 1 aliphatic carbocycles. The van der Waals surface area contributed by atoms with Gasteiger partial charge in [-0.15, -0.1) is 0 Å². The molecule has 3 aromatic rings. The molecule has 1 aliphatic rings. The number of anilines is 1. The van der Waals surface area contributed by atoms with Crippen molar-refractivity contribution < 1.29 is 18.0 Å². The molecule has 5 heteroatoms. The molecule has 0 unspecified atom stereocenters. The fourth-order valence-electron chi connectivity index (χ4n) is 3.43. The summed E-state index contributed by atoms with van der Waals surface area (Å²) in [5, 5.41) is 2.64. The molecule has 0 aliphatic heterocycles. The fraction of sp³-hybridized carbons (Fsp3) is 0.0952. The molecule has 0 fully saturated rings. The zero-order chi connectivity index (χ0) is 18.3. The van der Waals surface area contributed by atoms with Crippen molar-refractivity contribution in [2.24, 2.45) is 0 Å². The molecule has 4 rings (SSSR count). The van der Waals surface area contributed by atoms with E-state index in [9.17, 15) is 18.0 Å². The van der Waals surface area contributed by atoms with Crippen molar-refractivity contribution in [3.63, 3.8) is 0 Å². The molecule has 2 nitrogen and oxygen atoms in total. The first kappa shape index (κ1) is 16.4. The molecule has 0 atom stereocenters. The normalized spacial score (nSPS) is 13.2. The van der Waals surface area contributed by atoms with Crippen LogP contribution in [0.25, 0.3) is 11.1 Å². The van der Waals surface area contributed by atoms with E-state index in [-0.39, 0.29) is 11.6 Å². The van der Waals surface area contributed by atoms with E-state index in [1.807, 2.05) is 48.5 Å². The summed E-state index contributed by atoms with van der Waals surface area (Å²) >= 11 is 0. The SMILES string of the molecule is O=C(Nc1cccc(C(F)(F)F)c1)C1c2ccccc2-c2ccccc21. The first-order chi connectivity index (χ1) is 12.4.